The molecule has 1 aliphatic rings. The number of benzene rings is 3. The van der Waals surface area contributed by atoms with Crippen LogP contribution in [0.3, 0.4) is 0 Å². The fraction of sp³-hybridized carbons (Fsp3) is 0.136. The number of halogens is 1. The summed E-state index contributed by atoms with van der Waals surface area (Å²) in [5, 5.41) is 6.69. The minimum absolute atomic E-state index is 0.0228. The Morgan fingerprint density at radius 3 is 2.18 bits per heavy atom. The van der Waals surface area contributed by atoms with Gasteiger partial charge in [0.1, 0.15) is 5.82 Å². The van der Waals surface area contributed by atoms with Gasteiger partial charge in [-0.1, -0.05) is 42.5 Å². The molecule has 1 aliphatic heterocycles. The summed E-state index contributed by atoms with van der Waals surface area (Å²) in [6.45, 7) is 0. The van der Waals surface area contributed by atoms with Crippen LogP contribution in [0, 0.1) is 5.82 Å². The minimum atomic E-state index is -3.26. The summed E-state index contributed by atoms with van der Waals surface area (Å²) in [7, 11) is -3.26. The summed E-state index contributed by atoms with van der Waals surface area (Å²) in [5.74, 6) is -0.282. The molecule has 0 aromatic heterocycles. The smallest absolute Gasteiger partial charge is 0.175 e. The molecular formula is C22H19FN2O2S. The van der Waals surface area contributed by atoms with E-state index in [1.165, 1.54) is 18.4 Å². The Labute approximate surface area is 163 Å². The number of hydrazone groups is 1. The third-order valence-electron chi connectivity index (χ3n) is 4.80. The SMILES string of the molecule is CS(=O)(=O)c1ccc(N2N=C(c3ccc(F)cc3)C[C@H]2c2ccccc2)cc1. The maximum absolute atomic E-state index is 13.3. The predicted octanol–water partition coefficient (Wildman–Crippen LogP) is 4.58. The summed E-state index contributed by atoms with van der Waals surface area (Å²) >= 11 is 0. The molecule has 0 N–H and O–H groups in total. The van der Waals surface area contributed by atoms with Gasteiger partial charge in [-0.05, 0) is 47.5 Å². The quantitative estimate of drug-likeness (QED) is 0.651. The van der Waals surface area contributed by atoms with Crippen molar-refractivity contribution < 1.29 is 12.8 Å². The van der Waals surface area contributed by atoms with Crippen molar-refractivity contribution in [3.63, 3.8) is 0 Å². The highest BCUT2D eigenvalue weighted by Crippen LogP contribution is 2.36. The highest BCUT2D eigenvalue weighted by atomic mass is 32.2. The van der Waals surface area contributed by atoms with Crippen LogP contribution >= 0.6 is 0 Å². The second-order valence-electron chi connectivity index (χ2n) is 6.79. The Morgan fingerprint density at radius 1 is 0.929 bits per heavy atom. The van der Waals surface area contributed by atoms with Crippen LogP contribution in [0.1, 0.15) is 23.6 Å². The number of anilines is 1. The lowest BCUT2D eigenvalue weighted by Gasteiger charge is -2.24. The Kier molecular flexibility index (Phi) is 4.73. The molecule has 1 atom stereocenters. The van der Waals surface area contributed by atoms with Gasteiger partial charge in [0.05, 0.1) is 22.3 Å². The van der Waals surface area contributed by atoms with Crippen molar-refractivity contribution in [3.05, 3.63) is 95.8 Å². The summed E-state index contributed by atoms with van der Waals surface area (Å²) in [6, 6.07) is 23.0. The molecule has 3 aromatic rings. The van der Waals surface area contributed by atoms with Crippen LogP contribution in [-0.2, 0) is 9.84 Å². The van der Waals surface area contributed by atoms with E-state index in [-0.39, 0.29) is 16.8 Å². The Morgan fingerprint density at radius 2 is 1.57 bits per heavy atom. The first-order chi connectivity index (χ1) is 13.4. The van der Waals surface area contributed by atoms with Crippen LogP contribution in [0.4, 0.5) is 10.1 Å². The number of nitrogens with zero attached hydrogens (tertiary/aromatic N) is 2. The van der Waals surface area contributed by atoms with Crippen LogP contribution in [0.2, 0.25) is 0 Å². The third-order valence-corrected chi connectivity index (χ3v) is 5.93. The molecule has 142 valence electrons. The molecule has 0 bridgehead atoms. The van der Waals surface area contributed by atoms with E-state index < -0.39 is 9.84 Å². The standard InChI is InChI=1S/C22H19FN2O2S/c1-28(26,27)20-13-11-19(12-14-20)25-22(17-5-3-2-4-6-17)15-21(24-25)16-7-9-18(23)10-8-16/h2-14,22H,15H2,1H3/t22-/m0/s1. The van der Waals surface area contributed by atoms with Gasteiger partial charge < -0.3 is 0 Å². The van der Waals surface area contributed by atoms with Crippen molar-refractivity contribution in [2.45, 2.75) is 17.4 Å². The molecule has 0 fully saturated rings. The van der Waals surface area contributed by atoms with Gasteiger partial charge in [0.25, 0.3) is 0 Å². The third kappa shape index (κ3) is 3.68. The Hall–Kier alpha value is -2.99. The van der Waals surface area contributed by atoms with Crippen LogP contribution < -0.4 is 5.01 Å². The summed E-state index contributed by atoms with van der Waals surface area (Å²) in [5.41, 5.74) is 3.65. The molecule has 0 amide bonds. The monoisotopic (exact) mass is 394 g/mol. The average molecular weight is 394 g/mol. The number of hydrogen-bond acceptors (Lipinski definition) is 4. The van der Waals surface area contributed by atoms with E-state index in [0.717, 1.165) is 22.5 Å². The predicted molar refractivity (Wildman–Crippen MR) is 109 cm³/mol. The van der Waals surface area contributed by atoms with Crippen molar-refractivity contribution in [1.29, 1.82) is 0 Å². The van der Waals surface area contributed by atoms with E-state index in [1.807, 2.05) is 35.3 Å². The van der Waals surface area contributed by atoms with E-state index in [9.17, 15) is 12.8 Å². The Bertz CT molecular complexity index is 1110. The first-order valence-corrected chi connectivity index (χ1v) is 10.8. The molecule has 1 heterocycles. The van der Waals surface area contributed by atoms with Crippen LogP contribution in [0.25, 0.3) is 0 Å². The molecule has 0 spiro atoms. The van der Waals surface area contributed by atoms with E-state index in [2.05, 4.69) is 0 Å². The van der Waals surface area contributed by atoms with Crippen LogP contribution in [-0.4, -0.2) is 20.4 Å². The number of sulfone groups is 1. The summed E-state index contributed by atoms with van der Waals surface area (Å²) in [6.07, 6.45) is 1.86. The van der Waals surface area contributed by atoms with Crippen LogP contribution in [0.5, 0.6) is 0 Å². The second-order valence-corrected chi connectivity index (χ2v) is 8.81. The van der Waals surface area contributed by atoms with E-state index in [1.54, 1.807) is 36.4 Å². The Balaban J connectivity index is 1.74. The maximum atomic E-state index is 13.3. The second kappa shape index (κ2) is 7.20. The molecule has 4 nitrogen and oxygen atoms in total. The van der Waals surface area contributed by atoms with Gasteiger partial charge >= 0.3 is 0 Å². The van der Waals surface area contributed by atoms with Gasteiger partial charge in [0.2, 0.25) is 0 Å². The summed E-state index contributed by atoms with van der Waals surface area (Å²) < 4.78 is 36.8. The lowest BCUT2D eigenvalue weighted by molar-refractivity contribution is 0.602. The van der Waals surface area contributed by atoms with Gasteiger partial charge in [-0.2, -0.15) is 5.10 Å². The van der Waals surface area contributed by atoms with Crippen molar-refractivity contribution in [3.8, 4) is 0 Å². The van der Waals surface area contributed by atoms with Gasteiger partial charge in [-0.25, -0.2) is 12.8 Å². The lowest BCUT2D eigenvalue weighted by Crippen LogP contribution is -2.18. The zero-order valence-corrected chi connectivity index (χ0v) is 16.1. The highest BCUT2D eigenvalue weighted by Gasteiger charge is 2.30. The highest BCUT2D eigenvalue weighted by molar-refractivity contribution is 7.90. The molecule has 0 unspecified atom stereocenters. The number of rotatable bonds is 4. The molecule has 28 heavy (non-hydrogen) atoms. The van der Waals surface area contributed by atoms with E-state index in [0.29, 0.717) is 6.42 Å². The van der Waals surface area contributed by atoms with E-state index >= 15 is 0 Å². The first kappa shape index (κ1) is 18.4. The molecule has 0 saturated heterocycles. The van der Waals surface area contributed by atoms with Gasteiger partial charge in [0, 0.05) is 12.7 Å². The van der Waals surface area contributed by atoms with Gasteiger partial charge in [0.15, 0.2) is 9.84 Å². The molecule has 0 radical (unpaired) electrons. The molecule has 4 rings (SSSR count). The lowest BCUT2D eigenvalue weighted by atomic mass is 9.98. The maximum Gasteiger partial charge on any atom is 0.175 e. The van der Waals surface area contributed by atoms with Gasteiger partial charge in [-0.15, -0.1) is 0 Å². The first-order valence-electron chi connectivity index (χ1n) is 8.89. The largest absolute Gasteiger partial charge is 0.257 e. The summed E-state index contributed by atoms with van der Waals surface area (Å²) in [4.78, 5) is 0.273. The van der Waals surface area contributed by atoms with Crippen LogP contribution in [0.15, 0.2) is 88.9 Å². The molecular weight excluding hydrogens is 375 g/mol. The normalized spacial score (nSPS) is 16.9. The van der Waals surface area contributed by atoms with Crippen molar-refractivity contribution >= 4 is 21.2 Å². The minimum Gasteiger partial charge on any atom is -0.257 e. The fourth-order valence-electron chi connectivity index (χ4n) is 3.35. The van der Waals surface area contributed by atoms with Crippen molar-refractivity contribution in [2.24, 2.45) is 5.10 Å². The zero-order valence-electron chi connectivity index (χ0n) is 15.3. The average Bonchev–Trinajstić information content (AvgIpc) is 3.14. The molecule has 0 saturated carbocycles. The molecule has 0 aliphatic carbocycles. The molecule has 6 heteroatoms. The number of hydrogen-bond donors (Lipinski definition) is 0. The molecule has 3 aromatic carbocycles. The topological polar surface area (TPSA) is 49.7 Å². The van der Waals surface area contributed by atoms with Crippen molar-refractivity contribution in [2.75, 3.05) is 11.3 Å². The van der Waals surface area contributed by atoms with E-state index in [4.69, 9.17) is 5.10 Å². The fourth-order valence-corrected chi connectivity index (χ4v) is 3.98. The van der Waals surface area contributed by atoms with Crippen molar-refractivity contribution in [1.82, 2.24) is 0 Å². The van der Waals surface area contributed by atoms with Gasteiger partial charge in [-0.3, -0.25) is 5.01 Å². The zero-order chi connectivity index (χ0) is 19.7.